The van der Waals surface area contributed by atoms with E-state index in [1.807, 2.05) is 13.0 Å². The van der Waals surface area contributed by atoms with Gasteiger partial charge >= 0.3 is 0 Å². The highest BCUT2D eigenvalue weighted by Crippen LogP contribution is 2.29. The fraction of sp³-hybridized carbons (Fsp3) is 0.333. The molecule has 3 rings (SSSR count). The Kier molecular flexibility index (Phi) is 4.53. The van der Waals surface area contributed by atoms with Crippen molar-refractivity contribution in [2.24, 2.45) is 0 Å². The third-order valence-corrected chi connectivity index (χ3v) is 5.74. The van der Waals surface area contributed by atoms with Crippen LogP contribution in [0, 0.1) is 6.92 Å². The summed E-state index contributed by atoms with van der Waals surface area (Å²) in [6.45, 7) is 3.40. The Morgan fingerprint density at radius 1 is 1.36 bits per heavy atom. The van der Waals surface area contributed by atoms with Gasteiger partial charge in [0.1, 0.15) is 17.3 Å². The Morgan fingerprint density at radius 3 is 2.84 bits per heavy atom. The van der Waals surface area contributed by atoms with E-state index in [1.54, 1.807) is 12.1 Å². The van der Waals surface area contributed by atoms with E-state index in [2.05, 4.69) is 25.3 Å². The zero-order valence-electron chi connectivity index (χ0n) is 13.9. The van der Waals surface area contributed by atoms with Crippen molar-refractivity contribution >= 4 is 9.84 Å². The first-order valence-electron chi connectivity index (χ1n) is 7.45. The first-order valence-corrected chi connectivity index (χ1v) is 9.16. The maximum absolute atomic E-state index is 12.8. The number of nitrogens with one attached hydrogen (secondary N) is 1. The van der Waals surface area contributed by atoms with Gasteiger partial charge in [-0.1, -0.05) is 22.9 Å². The van der Waals surface area contributed by atoms with Gasteiger partial charge in [-0.05, 0) is 19.9 Å². The molecule has 132 valence electrons. The topological polar surface area (TPSA) is 124 Å². The second kappa shape index (κ2) is 6.63. The van der Waals surface area contributed by atoms with E-state index < -0.39 is 15.1 Å². The molecular weight excluding hydrogens is 346 g/mol. The van der Waals surface area contributed by atoms with Crippen LogP contribution in [0.4, 0.5) is 0 Å². The number of benzene rings is 1. The molecule has 10 heteroatoms. The van der Waals surface area contributed by atoms with Crippen LogP contribution in [0.2, 0.25) is 0 Å². The molecule has 0 spiro atoms. The summed E-state index contributed by atoms with van der Waals surface area (Å²) in [5.41, 5.74) is 1.54. The standard InChI is InChI=1S/C15H17N5O4S/c1-9-4-5-12(23-3)11(6-9)7-25(21,22)10(2)15-18-14(20-24-15)13-16-8-17-19-13/h4-6,8,10H,7H2,1-3H3,(H,16,17,19). The zero-order chi connectivity index (χ0) is 18.0. The van der Waals surface area contributed by atoms with Gasteiger partial charge in [-0.2, -0.15) is 10.1 Å². The van der Waals surface area contributed by atoms with Crippen molar-refractivity contribution in [3.05, 3.63) is 41.5 Å². The largest absolute Gasteiger partial charge is 0.496 e. The first kappa shape index (κ1) is 17.1. The number of rotatable bonds is 6. The summed E-state index contributed by atoms with van der Waals surface area (Å²) in [6, 6.07) is 5.40. The monoisotopic (exact) mass is 363 g/mol. The van der Waals surface area contributed by atoms with Gasteiger partial charge in [-0.3, -0.25) is 5.10 Å². The summed E-state index contributed by atoms with van der Waals surface area (Å²) in [5, 5.41) is 9.06. The Morgan fingerprint density at radius 2 is 2.16 bits per heavy atom. The molecule has 0 saturated carbocycles. The fourth-order valence-electron chi connectivity index (χ4n) is 2.33. The van der Waals surface area contributed by atoms with Gasteiger partial charge in [0.05, 0.1) is 12.9 Å². The van der Waals surface area contributed by atoms with Gasteiger partial charge in [0.15, 0.2) is 15.7 Å². The predicted molar refractivity (Wildman–Crippen MR) is 88.4 cm³/mol. The van der Waals surface area contributed by atoms with Crippen LogP contribution in [0.3, 0.4) is 0 Å². The van der Waals surface area contributed by atoms with Crippen molar-refractivity contribution in [2.75, 3.05) is 7.11 Å². The third kappa shape index (κ3) is 3.53. The Bertz CT molecular complexity index is 966. The average Bonchev–Trinajstić information content (AvgIpc) is 3.25. The van der Waals surface area contributed by atoms with Crippen molar-refractivity contribution < 1.29 is 17.7 Å². The highest BCUT2D eigenvalue weighted by Gasteiger charge is 2.30. The van der Waals surface area contributed by atoms with Crippen LogP contribution in [-0.2, 0) is 15.6 Å². The molecular formula is C15H17N5O4S. The quantitative estimate of drug-likeness (QED) is 0.703. The summed E-state index contributed by atoms with van der Waals surface area (Å²) >= 11 is 0. The number of methoxy groups -OCH3 is 1. The van der Waals surface area contributed by atoms with Crippen LogP contribution < -0.4 is 4.74 Å². The number of aryl methyl sites for hydroxylation is 1. The second-order valence-electron chi connectivity index (χ2n) is 5.56. The lowest BCUT2D eigenvalue weighted by Gasteiger charge is -2.12. The minimum Gasteiger partial charge on any atom is -0.496 e. The van der Waals surface area contributed by atoms with Crippen LogP contribution in [-0.4, -0.2) is 40.8 Å². The van der Waals surface area contributed by atoms with Gasteiger partial charge in [0.2, 0.25) is 11.7 Å². The molecule has 1 N–H and O–H groups in total. The van der Waals surface area contributed by atoms with Crippen LogP contribution in [0.25, 0.3) is 11.6 Å². The average molecular weight is 363 g/mol. The molecule has 0 radical (unpaired) electrons. The molecule has 1 aromatic carbocycles. The van der Waals surface area contributed by atoms with E-state index in [-0.39, 0.29) is 17.5 Å². The van der Waals surface area contributed by atoms with E-state index >= 15 is 0 Å². The number of nitrogens with zero attached hydrogens (tertiary/aromatic N) is 4. The van der Waals surface area contributed by atoms with E-state index in [1.165, 1.54) is 20.4 Å². The lowest BCUT2D eigenvalue weighted by molar-refractivity contribution is 0.376. The number of H-pyrrole nitrogens is 1. The van der Waals surface area contributed by atoms with Crippen molar-refractivity contribution in [3.63, 3.8) is 0 Å². The number of aromatic amines is 1. The van der Waals surface area contributed by atoms with Gasteiger partial charge in [-0.25, -0.2) is 13.4 Å². The lowest BCUT2D eigenvalue weighted by Crippen LogP contribution is -2.14. The maximum atomic E-state index is 12.8. The summed E-state index contributed by atoms with van der Waals surface area (Å²) in [4.78, 5) is 8.00. The zero-order valence-corrected chi connectivity index (χ0v) is 14.7. The van der Waals surface area contributed by atoms with Crippen LogP contribution in [0.15, 0.2) is 29.0 Å². The van der Waals surface area contributed by atoms with Crippen molar-refractivity contribution in [2.45, 2.75) is 24.9 Å². The summed E-state index contributed by atoms with van der Waals surface area (Å²) < 4.78 is 35.9. The fourth-order valence-corrected chi connectivity index (χ4v) is 3.64. The Balaban J connectivity index is 1.86. The molecule has 0 amide bonds. The molecule has 0 bridgehead atoms. The highest BCUT2D eigenvalue weighted by atomic mass is 32.2. The van der Waals surface area contributed by atoms with Crippen LogP contribution >= 0.6 is 0 Å². The van der Waals surface area contributed by atoms with Crippen LogP contribution in [0.5, 0.6) is 5.75 Å². The Labute approximate surface area is 144 Å². The molecule has 0 aliphatic heterocycles. The third-order valence-electron chi connectivity index (χ3n) is 3.75. The lowest BCUT2D eigenvalue weighted by atomic mass is 10.1. The van der Waals surface area contributed by atoms with Gasteiger partial charge in [0, 0.05) is 5.56 Å². The smallest absolute Gasteiger partial charge is 0.245 e. The number of sulfone groups is 1. The highest BCUT2D eigenvalue weighted by molar-refractivity contribution is 7.90. The van der Waals surface area contributed by atoms with E-state index in [4.69, 9.17) is 9.26 Å². The molecule has 0 aliphatic rings. The Hall–Kier alpha value is -2.75. The van der Waals surface area contributed by atoms with Crippen molar-refractivity contribution in [1.29, 1.82) is 0 Å². The molecule has 2 aromatic heterocycles. The summed E-state index contributed by atoms with van der Waals surface area (Å²) in [7, 11) is -2.09. The number of hydrogen-bond acceptors (Lipinski definition) is 8. The molecule has 1 atom stereocenters. The molecule has 3 aromatic rings. The van der Waals surface area contributed by atoms with Crippen LogP contribution in [0.1, 0.15) is 29.2 Å². The van der Waals surface area contributed by atoms with Crippen molar-refractivity contribution in [1.82, 2.24) is 25.3 Å². The normalized spacial score (nSPS) is 12.9. The molecule has 0 saturated heterocycles. The minimum atomic E-state index is -3.59. The SMILES string of the molecule is COc1ccc(C)cc1CS(=O)(=O)C(C)c1nc(-c2ncn[nH]2)no1. The summed E-state index contributed by atoms with van der Waals surface area (Å²) in [5.74, 6) is 0.786. The minimum absolute atomic E-state index is 0.00183. The number of ether oxygens (including phenoxy) is 1. The van der Waals surface area contributed by atoms with Crippen molar-refractivity contribution in [3.8, 4) is 17.4 Å². The van der Waals surface area contributed by atoms with Gasteiger partial charge in [0.25, 0.3) is 0 Å². The molecule has 0 fully saturated rings. The van der Waals surface area contributed by atoms with E-state index in [0.717, 1.165) is 5.56 Å². The van der Waals surface area contributed by atoms with E-state index in [0.29, 0.717) is 17.1 Å². The molecule has 2 heterocycles. The molecule has 25 heavy (non-hydrogen) atoms. The first-order chi connectivity index (χ1) is 11.9. The molecule has 0 aliphatic carbocycles. The molecule has 9 nitrogen and oxygen atoms in total. The summed E-state index contributed by atoms with van der Waals surface area (Å²) in [6.07, 6.45) is 1.30. The van der Waals surface area contributed by atoms with E-state index in [9.17, 15) is 8.42 Å². The number of hydrogen-bond donors (Lipinski definition) is 1. The number of aromatic nitrogens is 5. The second-order valence-corrected chi connectivity index (χ2v) is 7.88. The van der Waals surface area contributed by atoms with Gasteiger partial charge in [-0.15, -0.1) is 0 Å². The predicted octanol–water partition coefficient (Wildman–Crippen LogP) is 1.85. The van der Waals surface area contributed by atoms with Gasteiger partial charge < -0.3 is 9.26 Å². The molecule has 1 unspecified atom stereocenters. The maximum Gasteiger partial charge on any atom is 0.245 e.